The first-order valence-corrected chi connectivity index (χ1v) is 12.4. The molecule has 35 heavy (non-hydrogen) atoms. The molecule has 0 unspecified atom stereocenters. The summed E-state index contributed by atoms with van der Waals surface area (Å²) in [5, 5.41) is 5.72. The van der Waals surface area contributed by atoms with E-state index in [1.807, 2.05) is 33.8 Å². The lowest BCUT2D eigenvalue weighted by atomic mass is 9.74. The molecule has 0 spiro atoms. The molecule has 2 amide bonds. The van der Waals surface area contributed by atoms with Gasteiger partial charge in [0, 0.05) is 7.11 Å². The minimum atomic E-state index is -0.913. The van der Waals surface area contributed by atoms with Gasteiger partial charge in [-0.25, -0.2) is 4.79 Å². The van der Waals surface area contributed by atoms with E-state index < -0.39 is 36.1 Å². The minimum absolute atomic E-state index is 0.0111. The summed E-state index contributed by atoms with van der Waals surface area (Å²) < 4.78 is 23.1. The van der Waals surface area contributed by atoms with E-state index in [1.165, 1.54) is 12.7 Å². The van der Waals surface area contributed by atoms with Crippen molar-refractivity contribution < 1.29 is 28.4 Å². The molecule has 1 aromatic carbocycles. The second-order valence-corrected chi connectivity index (χ2v) is 11.6. The lowest BCUT2D eigenvalue weighted by Gasteiger charge is -2.32. The number of carbonyl (C=O) groups is 2. The van der Waals surface area contributed by atoms with Gasteiger partial charge in [-0.1, -0.05) is 30.3 Å². The molecular formula is C26H41BN2O6. The van der Waals surface area contributed by atoms with E-state index in [0.29, 0.717) is 18.3 Å². The van der Waals surface area contributed by atoms with Crippen LogP contribution in [0.4, 0.5) is 4.79 Å². The van der Waals surface area contributed by atoms with Crippen LogP contribution in [0.2, 0.25) is 0 Å². The molecule has 9 heteroatoms. The van der Waals surface area contributed by atoms with E-state index in [1.54, 1.807) is 20.8 Å². The molecule has 2 aliphatic rings. The predicted octanol–water partition coefficient (Wildman–Crippen LogP) is 3.84. The highest BCUT2D eigenvalue weighted by atomic mass is 16.7. The van der Waals surface area contributed by atoms with Crippen LogP contribution < -0.4 is 10.6 Å². The molecule has 0 radical (unpaired) electrons. The number of carbonyl (C=O) groups excluding carboxylic acids is 2. The van der Waals surface area contributed by atoms with Crippen molar-refractivity contribution >= 4 is 19.1 Å². The van der Waals surface area contributed by atoms with E-state index in [-0.39, 0.29) is 18.5 Å². The van der Waals surface area contributed by atoms with E-state index in [9.17, 15) is 9.59 Å². The average molecular weight is 488 g/mol. The maximum absolute atomic E-state index is 13.3. The minimum Gasteiger partial charge on any atom is -0.444 e. The second-order valence-electron chi connectivity index (χ2n) is 11.6. The van der Waals surface area contributed by atoms with Crippen LogP contribution in [0.1, 0.15) is 72.8 Å². The highest BCUT2D eigenvalue weighted by molar-refractivity contribution is 6.48. The molecule has 8 nitrogen and oxygen atoms in total. The summed E-state index contributed by atoms with van der Waals surface area (Å²) >= 11 is 0. The van der Waals surface area contributed by atoms with Gasteiger partial charge in [0.2, 0.25) is 5.91 Å². The van der Waals surface area contributed by atoms with Crippen LogP contribution in [0.25, 0.3) is 0 Å². The number of methoxy groups -OCH3 is 1. The molecule has 0 bridgehead atoms. The van der Waals surface area contributed by atoms with Gasteiger partial charge in [0.1, 0.15) is 11.6 Å². The van der Waals surface area contributed by atoms with Crippen LogP contribution in [0.3, 0.4) is 0 Å². The van der Waals surface area contributed by atoms with Gasteiger partial charge in [0.05, 0.1) is 23.8 Å². The number of benzene rings is 1. The molecule has 4 atom stereocenters. The molecular weight excluding hydrogens is 447 g/mol. The zero-order chi connectivity index (χ0) is 26.0. The van der Waals surface area contributed by atoms with E-state index in [4.69, 9.17) is 18.8 Å². The third-order valence-corrected chi connectivity index (χ3v) is 6.98. The van der Waals surface area contributed by atoms with Crippen LogP contribution in [0, 0.1) is 5.92 Å². The lowest BCUT2D eigenvalue weighted by molar-refractivity contribution is -0.125. The van der Waals surface area contributed by atoms with Crippen molar-refractivity contribution in [1.82, 2.24) is 10.6 Å². The molecule has 1 aliphatic carbocycles. The molecule has 194 valence electrons. The van der Waals surface area contributed by atoms with Gasteiger partial charge < -0.3 is 29.4 Å². The monoisotopic (exact) mass is 488 g/mol. The first kappa shape index (κ1) is 27.5. The number of ether oxygens (including phenoxy) is 2. The zero-order valence-electron chi connectivity index (χ0n) is 22.3. The van der Waals surface area contributed by atoms with Gasteiger partial charge in [-0.15, -0.1) is 0 Å². The van der Waals surface area contributed by atoms with E-state index in [2.05, 4.69) is 34.9 Å². The Morgan fingerprint density at radius 2 is 1.69 bits per heavy atom. The first-order valence-electron chi connectivity index (χ1n) is 12.4. The lowest BCUT2D eigenvalue weighted by Crippen LogP contribution is -2.56. The Balaban J connectivity index is 1.73. The number of nitrogens with one attached hydrogen (secondary N) is 2. The molecule has 1 saturated heterocycles. The van der Waals surface area contributed by atoms with Gasteiger partial charge in [-0.2, -0.15) is 0 Å². The third-order valence-electron chi connectivity index (χ3n) is 6.98. The molecule has 0 aromatic heterocycles. The fraction of sp³-hybridized carbons (Fsp3) is 0.692. The van der Waals surface area contributed by atoms with Crippen molar-refractivity contribution in [3.8, 4) is 0 Å². The summed E-state index contributed by atoms with van der Waals surface area (Å²) in [5.41, 5.74) is -0.421. The Hall–Kier alpha value is -2.10. The van der Waals surface area contributed by atoms with Crippen LogP contribution in [-0.2, 0) is 23.6 Å². The van der Waals surface area contributed by atoms with Crippen molar-refractivity contribution in [2.45, 2.75) is 96.0 Å². The summed E-state index contributed by atoms with van der Waals surface area (Å²) in [7, 11) is 0.878. The van der Waals surface area contributed by atoms with E-state index in [0.717, 1.165) is 6.42 Å². The Bertz CT molecular complexity index is 870. The van der Waals surface area contributed by atoms with Crippen LogP contribution in [0.5, 0.6) is 0 Å². The second kappa shape index (κ2) is 10.5. The van der Waals surface area contributed by atoms with Gasteiger partial charge in [-0.05, 0) is 78.7 Å². The Morgan fingerprint density at radius 3 is 2.23 bits per heavy atom. The SMILES string of the molecule is COC[C@@H](NC(=O)OC(C)(C)C)C(=O)N[C@@H](C[C@H]1C[C@@H]1c1ccccc1)B1OC(C)(C)C(C)(C)O1. The molecule has 1 aromatic rings. The van der Waals surface area contributed by atoms with Crippen molar-refractivity contribution in [1.29, 1.82) is 0 Å². The summed E-state index contributed by atoms with van der Waals surface area (Å²) in [6.07, 6.45) is 1.08. The first-order chi connectivity index (χ1) is 16.2. The van der Waals surface area contributed by atoms with Crippen molar-refractivity contribution in [2.24, 2.45) is 5.92 Å². The zero-order valence-corrected chi connectivity index (χ0v) is 22.3. The highest BCUT2D eigenvalue weighted by Gasteiger charge is 2.55. The predicted molar refractivity (Wildman–Crippen MR) is 135 cm³/mol. The number of alkyl carbamates (subject to hydrolysis) is 1. The molecule has 1 aliphatic heterocycles. The topological polar surface area (TPSA) is 95.1 Å². The Morgan fingerprint density at radius 1 is 1.09 bits per heavy atom. The Labute approximate surface area is 209 Å². The molecule has 2 fully saturated rings. The van der Waals surface area contributed by atoms with Gasteiger partial charge in [-0.3, -0.25) is 4.79 Å². The van der Waals surface area contributed by atoms with E-state index >= 15 is 0 Å². The maximum Gasteiger partial charge on any atom is 0.481 e. The third kappa shape index (κ3) is 7.21. The Kier molecular flexibility index (Phi) is 8.24. The standard InChI is InChI=1S/C26H41BN2O6/c1-24(2,3)33-23(31)28-20(16-32-8)22(30)29-21(27-34-25(4,5)26(6,7)35-27)15-18-14-19(18)17-12-10-9-11-13-17/h9-13,18-21H,14-16H2,1-8H3,(H,28,31)(H,29,30)/t18-,19-,20-,21+/m1/s1. The largest absolute Gasteiger partial charge is 0.481 e. The summed E-state index contributed by atoms with van der Waals surface area (Å²) in [5.74, 6) is 0.102. The average Bonchev–Trinajstić information content (AvgIpc) is 3.46. The number of hydrogen-bond acceptors (Lipinski definition) is 6. The summed E-state index contributed by atoms with van der Waals surface area (Å²) in [6.45, 7) is 13.3. The fourth-order valence-electron chi connectivity index (χ4n) is 4.32. The fourth-order valence-corrected chi connectivity index (χ4v) is 4.32. The molecule has 3 rings (SSSR count). The van der Waals surface area contributed by atoms with Crippen molar-refractivity contribution in [3.05, 3.63) is 35.9 Å². The number of hydrogen-bond donors (Lipinski definition) is 2. The smallest absolute Gasteiger partial charge is 0.444 e. The van der Waals surface area contributed by atoms with Crippen molar-refractivity contribution in [2.75, 3.05) is 13.7 Å². The van der Waals surface area contributed by atoms with Gasteiger partial charge in [0.25, 0.3) is 0 Å². The number of rotatable bonds is 9. The number of amides is 2. The van der Waals surface area contributed by atoms with Crippen LogP contribution in [0.15, 0.2) is 30.3 Å². The van der Waals surface area contributed by atoms with Crippen LogP contribution >= 0.6 is 0 Å². The molecule has 1 heterocycles. The normalized spacial score (nSPS) is 24.4. The quantitative estimate of drug-likeness (QED) is 0.513. The summed E-state index contributed by atoms with van der Waals surface area (Å²) in [4.78, 5) is 25.6. The molecule has 1 saturated carbocycles. The highest BCUT2D eigenvalue weighted by Crippen LogP contribution is 2.51. The van der Waals surface area contributed by atoms with Crippen molar-refractivity contribution in [3.63, 3.8) is 0 Å². The van der Waals surface area contributed by atoms with Gasteiger partial charge in [0.15, 0.2) is 0 Å². The maximum atomic E-state index is 13.3. The summed E-state index contributed by atoms with van der Waals surface area (Å²) in [6, 6.07) is 9.50. The van der Waals surface area contributed by atoms with Crippen LogP contribution in [-0.4, -0.2) is 61.6 Å². The van der Waals surface area contributed by atoms with Gasteiger partial charge >= 0.3 is 13.2 Å². The molecule has 2 N–H and O–H groups in total.